The van der Waals surface area contributed by atoms with Crippen molar-refractivity contribution >= 4 is 15.7 Å². The summed E-state index contributed by atoms with van der Waals surface area (Å²) < 4.78 is 78.4. The number of rotatable bonds is 4. The fourth-order valence-corrected chi connectivity index (χ4v) is 3.01. The van der Waals surface area contributed by atoms with Gasteiger partial charge in [-0.05, 0) is 23.8 Å². The average molecular weight is 359 g/mol. The lowest BCUT2D eigenvalue weighted by atomic mass is 10.1. The maximum Gasteiger partial charge on any atom is 0.408 e. The van der Waals surface area contributed by atoms with Gasteiger partial charge < -0.3 is 0 Å². The summed E-state index contributed by atoms with van der Waals surface area (Å²) in [6, 6.07) is 1.60. The normalized spacial score (nSPS) is 13.3. The molecule has 10 heteroatoms. The number of alkyl halides is 3. The maximum absolute atomic E-state index is 13.2. The zero-order valence-corrected chi connectivity index (χ0v) is 12.6. The fraction of sp³-hybridized carbons (Fsp3) is 0.143. The molecule has 1 unspecified atom stereocenters. The molecule has 1 N–H and O–H groups in total. The molecule has 1 aromatic heterocycles. The van der Waals surface area contributed by atoms with Crippen molar-refractivity contribution in [3.05, 3.63) is 65.5 Å². The van der Waals surface area contributed by atoms with E-state index < -0.39 is 38.5 Å². The van der Waals surface area contributed by atoms with E-state index in [1.807, 2.05) is 0 Å². The molecule has 0 amide bonds. The Morgan fingerprint density at radius 3 is 2.33 bits per heavy atom. The first-order valence-corrected chi connectivity index (χ1v) is 7.79. The number of hydrogen-bond acceptors (Lipinski definition) is 3. The predicted molar refractivity (Wildman–Crippen MR) is 76.0 cm³/mol. The monoisotopic (exact) mass is 359 g/mol. The molecule has 0 bridgehead atoms. The molecule has 1 aromatic carbocycles. The third kappa shape index (κ3) is 4.06. The van der Waals surface area contributed by atoms with Crippen molar-refractivity contribution in [1.29, 1.82) is 0 Å². The topological polar surface area (TPSA) is 63.4 Å². The van der Waals surface area contributed by atoms with Gasteiger partial charge in [-0.3, -0.25) is 4.98 Å². The van der Waals surface area contributed by atoms with Crippen LogP contribution in [0.25, 0.3) is 4.85 Å². The van der Waals surface area contributed by atoms with Crippen LogP contribution in [0.4, 0.5) is 23.2 Å². The van der Waals surface area contributed by atoms with Crippen LogP contribution in [0.3, 0.4) is 0 Å². The minimum absolute atomic E-state index is 0.136. The Labute approximate surface area is 134 Å². The van der Waals surface area contributed by atoms with Gasteiger partial charge >= 0.3 is 6.18 Å². The van der Waals surface area contributed by atoms with E-state index in [9.17, 15) is 26.0 Å². The van der Waals surface area contributed by atoms with Crippen molar-refractivity contribution in [1.82, 2.24) is 9.71 Å². The van der Waals surface area contributed by atoms with Crippen molar-refractivity contribution < 1.29 is 26.0 Å². The van der Waals surface area contributed by atoms with Gasteiger partial charge in [0.25, 0.3) is 0 Å². The largest absolute Gasteiger partial charge is 0.408 e. The quantitative estimate of drug-likeness (QED) is 0.673. The van der Waals surface area contributed by atoms with E-state index in [0.717, 1.165) is 42.7 Å². The number of hydrogen-bond donors (Lipinski definition) is 1. The zero-order valence-electron chi connectivity index (χ0n) is 11.7. The van der Waals surface area contributed by atoms with Gasteiger partial charge in [0.2, 0.25) is 15.7 Å². The summed E-state index contributed by atoms with van der Waals surface area (Å²) in [6.07, 6.45) is -3.04. The van der Waals surface area contributed by atoms with Gasteiger partial charge in [0.1, 0.15) is 11.9 Å². The summed E-state index contributed by atoms with van der Waals surface area (Å²) in [5.74, 6) is -0.753. The van der Waals surface area contributed by atoms with Crippen molar-refractivity contribution in [2.45, 2.75) is 17.1 Å². The standard InChI is InChI=1S/C14H9F4N3O2S/c1-19-11-6-12(8-20-7-11)24(22,23)21-13(14(16,17)18)9-2-4-10(15)5-3-9/h2-8,13,21H. The fourth-order valence-electron chi connectivity index (χ4n) is 1.82. The molecule has 0 spiro atoms. The average Bonchev–Trinajstić information content (AvgIpc) is 2.53. The van der Waals surface area contributed by atoms with Crippen molar-refractivity contribution in [2.24, 2.45) is 0 Å². The number of nitrogens with one attached hydrogen (secondary N) is 1. The number of nitrogens with zero attached hydrogens (tertiary/aromatic N) is 2. The Balaban J connectivity index is 2.42. The lowest BCUT2D eigenvalue weighted by molar-refractivity contribution is -0.153. The minimum atomic E-state index is -4.95. The molecule has 1 heterocycles. The van der Waals surface area contributed by atoms with Gasteiger partial charge in [-0.1, -0.05) is 12.1 Å². The van der Waals surface area contributed by atoms with Crippen molar-refractivity contribution in [2.75, 3.05) is 0 Å². The highest BCUT2D eigenvalue weighted by molar-refractivity contribution is 7.89. The molecule has 5 nitrogen and oxygen atoms in total. The van der Waals surface area contributed by atoms with Gasteiger partial charge in [-0.25, -0.2) is 17.7 Å². The predicted octanol–water partition coefficient (Wildman–Crippen LogP) is 3.35. The van der Waals surface area contributed by atoms with Crippen molar-refractivity contribution in [3.63, 3.8) is 0 Å². The summed E-state index contributed by atoms with van der Waals surface area (Å²) in [4.78, 5) is 5.91. The van der Waals surface area contributed by atoms with Crippen LogP contribution in [-0.4, -0.2) is 19.6 Å². The van der Waals surface area contributed by atoms with E-state index in [1.165, 1.54) is 4.72 Å². The second kappa shape index (κ2) is 6.54. The highest BCUT2D eigenvalue weighted by Gasteiger charge is 2.43. The van der Waals surface area contributed by atoms with E-state index in [0.29, 0.717) is 0 Å². The van der Waals surface area contributed by atoms with Crippen LogP contribution < -0.4 is 4.72 Å². The van der Waals surface area contributed by atoms with Crippen LogP contribution in [0, 0.1) is 12.4 Å². The van der Waals surface area contributed by atoms with E-state index in [4.69, 9.17) is 6.57 Å². The summed E-state index contributed by atoms with van der Waals surface area (Å²) in [5, 5.41) is 0. The second-order valence-corrected chi connectivity index (χ2v) is 6.35. The molecule has 0 aliphatic rings. The highest BCUT2D eigenvalue weighted by atomic mass is 32.2. The number of pyridine rings is 1. The second-order valence-electron chi connectivity index (χ2n) is 4.64. The Kier molecular flexibility index (Phi) is 4.86. The van der Waals surface area contributed by atoms with Crippen LogP contribution in [0.15, 0.2) is 47.6 Å². The third-order valence-corrected chi connectivity index (χ3v) is 4.33. The number of halogens is 4. The van der Waals surface area contributed by atoms with E-state index in [-0.39, 0.29) is 5.69 Å². The SMILES string of the molecule is [C-]#[N+]c1cncc(S(=O)(=O)NC(c2ccc(F)cc2)C(F)(F)F)c1. The number of sulfonamides is 1. The van der Waals surface area contributed by atoms with Crippen LogP contribution >= 0.6 is 0 Å². The molecule has 2 aromatic rings. The lowest BCUT2D eigenvalue weighted by Crippen LogP contribution is -2.38. The molecule has 0 saturated heterocycles. The van der Waals surface area contributed by atoms with Gasteiger partial charge in [0.15, 0.2) is 0 Å². The minimum Gasteiger partial charge on any atom is -0.275 e. The molecular formula is C14H9F4N3O2S. The Bertz CT molecular complexity index is 874. The number of aromatic nitrogens is 1. The summed E-state index contributed by atoms with van der Waals surface area (Å²) >= 11 is 0. The molecule has 0 radical (unpaired) electrons. The molecule has 0 aliphatic carbocycles. The van der Waals surface area contributed by atoms with Gasteiger partial charge in [-0.15, -0.1) is 0 Å². The molecule has 0 aliphatic heterocycles. The molecule has 126 valence electrons. The summed E-state index contributed by atoms with van der Waals surface area (Å²) in [7, 11) is -4.60. The summed E-state index contributed by atoms with van der Waals surface area (Å²) in [6.45, 7) is 6.79. The van der Waals surface area contributed by atoms with Gasteiger partial charge in [-0.2, -0.15) is 17.9 Å². The van der Waals surface area contributed by atoms with E-state index >= 15 is 0 Å². The van der Waals surface area contributed by atoms with Crippen molar-refractivity contribution in [3.8, 4) is 0 Å². The maximum atomic E-state index is 13.2. The number of benzene rings is 1. The Morgan fingerprint density at radius 1 is 1.17 bits per heavy atom. The zero-order chi connectivity index (χ0) is 18.0. The smallest absolute Gasteiger partial charge is 0.275 e. The summed E-state index contributed by atoms with van der Waals surface area (Å²) in [5.41, 5.74) is -0.606. The Morgan fingerprint density at radius 2 is 1.79 bits per heavy atom. The first kappa shape index (κ1) is 17.8. The van der Waals surface area contributed by atoms with Crippen LogP contribution in [0.2, 0.25) is 0 Å². The van der Waals surface area contributed by atoms with Gasteiger partial charge in [0.05, 0.1) is 11.5 Å². The molecule has 0 fully saturated rings. The molecule has 2 rings (SSSR count). The van der Waals surface area contributed by atoms with E-state index in [1.54, 1.807) is 0 Å². The lowest BCUT2D eigenvalue weighted by Gasteiger charge is -2.22. The van der Waals surface area contributed by atoms with Crippen LogP contribution in [0.5, 0.6) is 0 Å². The first-order valence-electron chi connectivity index (χ1n) is 6.30. The van der Waals surface area contributed by atoms with Crippen LogP contribution in [-0.2, 0) is 10.0 Å². The Hall–Kier alpha value is -2.51. The molecule has 24 heavy (non-hydrogen) atoms. The highest BCUT2D eigenvalue weighted by Crippen LogP contribution is 2.34. The molecule has 0 saturated carbocycles. The first-order chi connectivity index (χ1) is 11.1. The van der Waals surface area contributed by atoms with Gasteiger partial charge in [0, 0.05) is 12.4 Å². The van der Waals surface area contributed by atoms with E-state index in [2.05, 4.69) is 9.83 Å². The van der Waals surface area contributed by atoms with Crippen LogP contribution in [0.1, 0.15) is 11.6 Å². The molecular weight excluding hydrogens is 350 g/mol. The third-order valence-electron chi connectivity index (χ3n) is 2.94. The molecule has 1 atom stereocenters.